The van der Waals surface area contributed by atoms with Gasteiger partial charge >= 0.3 is 0 Å². The maximum atomic E-state index is 2.63. The summed E-state index contributed by atoms with van der Waals surface area (Å²) in [5.74, 6) is 1.62. The molecule has 0 aliphatic rings. The summed E-state index contributed by atoms with van der Waals surface area (Å²) in [6, 6.07) is 0. The molecule has 0 aromatic carbocycles. The molecule has 0 fully saturated rings. The van der Waals surface area contributed by atoms with Gasteiger partial charge in [-0.3, -0.25) is 0 Å². The summed E-state index contributed by atoms with van der Waals surface area (Å²) in [6.45, 7) is 9.40. The molecule has 0 atom stereocenters. The molecule has 2 heteroatoms. The monoisotopic (exact) mass is 588 g/mol. The second-order valence-electron chi connectivity index (χ2n) is 13.8. The molecule has 0 bridgehead atoms. The lowest BCUT2D eigenvalue weighted by Gasteiger charge is -2.07. The molecule has 1 aromatic rings. The van der Waals surface area contributed by atoms with Gasteiger partial charge in [0, 0.05) is 6.42 Å². The van der Waals surface area contributed by atoms with Crippen molar-refractivity contribution in [2.45, 2.75) is 239 Å². The molecule has 0 amide bonds. The van der Waals surface area contributed by atoms with Crippen LogP contribution in [-0.2, 0) is 19.5 Å². The third-order valence-corrected chi connectivity index (χ3v) is 9.60. The van der Waals surface area contributed by atoms with Crippen LogP contribution in [0.3, 0.4) is 0 Å². The van der Waals surface area contributed by atoms with Gasteiger partial charge in [-0.25, -0.2) is 9.13 Å². The maximum Gasteiger partial charge on any atom is 0.256 e. The van der Waals surface area contributed by atoms with Gasteiger partial charge in [0.15, 0.2) is 0 Å². The zero-order valence-electron chi connectivity index (χ0n) is 29.6. The maximum absolute atomic E-state index is 2.63. The molecular weight excluding hydrogens is 508 g/mol. The number of rotatable bonds is 34. The second-order valence-corrected chi connectivity index (χ2v) is 13.8. The molecule has 0 radical (unpaired) electrons. The van der Waals surface area contributed by atoms with Gasteiger partial charge in [-0.05, 0) is 32.1 Å². The predicted octanol–water partition coefficient (Wildman–Crippen LogP) is 13.5. The fourth-order valence-electron chi connectivity index (χ4n) is 6.68. The highest BCUT2D eigenvalue weighted by atomic mass is 15.1. The van der Waals surface area contributed by atoms with Gasteiger partial charge < -0.3 is 0 Å². The van der Waals surface area contributed by atoms with Gasteiger partial charge in [-0.15, -0.1) is 0 Å². The number of unbranched alkanes of at least 4 members (excludes halogenated alkanes) is 28. The highest BCUT2D eigenvalue weighted by molar-refractivity contribution is 4.84. The summed E-state index contributed by atoms with van der Waals surface area (Å²) in [6.07, 6.45) is 50.4. The van der Waals surface area contributed by atoms with Crippen molar-refractivity contribution >= 4 is 0 Å². The summed E-state index contributed by atoms with van der Waals surface area (Å²) in [5.41, 5.74) is 0. The highest BCUT2D eigenvalue weighted by Crippen LogP contribution is 2.15. The number of nitrogens with zero attached hydrogens (tertiary/aromatic N) is 2. The highest BCUT2D eigenvalue weighted by Gasteiger charge is 2.16. The largest absolute Gasteiger partial charge is 0.256 e. The molecule has 1 aromatic heterocycles. The van der Waals surface area contributed by atoms with Crippen LogP contribution < -0.4 is 4.57 Å². The van der Waals surface area contributed by atoms with Gasteiger partial charge in [0.05, 0.1) is 13.1 Å². The average molecular weight is 588 g/mol. The zero-order chi connectivity index (χ0) is 30.2. The molecule has 0 aliphatic carbocycles. The number of imidazole rings is 1. The lowest BCUT2D eigenvalue weighted by atomic mass is 10.0. The van der Waals surface area contributed by atoms with E-state index in [1.165, 1.54) is 219 Å². The Balaban J connectivity index is 2.27. The second kappa shape index (κ2) is 31.6. The summed E-state index contributed by atoms with van der Waals surface area (Å²) in [5, 5.41) is 0. The Morgan fingerprint density at radius 1 is 0.405 bits per heavy atom. The van der Waals surface area contributed by atoms with Crippen molar-refractivity contribution in [3.8, 4) is 0 Å². The molecule has 0 aliphatic heterocycles. The molecule has 42 heavy (non-hydrogen) atoms. The number of hydrogen-bond donors (Lipinski definition) is 0. The first-order valence-electron chi connectivity index (χ1n) is 19.9. The van der Waals surface area contributed by atoms with Crippen LogP contribution in [0, 0.1) is 0 Å². The van der Waals surface area contributed by atoms with E-state index >= 15 is 0 Å². The predicted molar refractivity (Wildman–Crippen MR) is 188 cm³/mol. The first-order chi connectivity index (χ1) is 20.8. The van der Waals surface area contributed by atoms with Crippen molar-refractivity contribution in [1.82, 2.24) is 4.57 Å². The molecular formula is C40H79N2+. The van der Waals surface area contributed by atoms with E-state index in [0.29, 0.717) is 0 Å². The van der Waals surface area contributed by atoms with Crippen LogP contribution in [0.25, 0.3) is 0 Å². The van der Waals surface area contributed by atoms with Crippen LogP contribution in [0.5, 0.6) is 0 Å². The Labute approximate surface area is 266 Å². The third-order valence-electron chi connectivity index (χ3n) is 9.60. The van der Waals surface area contributed by atoms with E-state index in [1.807, 2.05) is 0 Å². The van der Waals surface area contributed by atoms with Crippen LogP contribution in [0.1, 0.15) is 226 Å². The van der Waals surface area contributed by atoms with Crippen LogP contribution in [0.15, 0.2) is 12.4 Å². The molecule has 2 nitrogen and oxygen atoms in total. The minimum absolute atomic E-state index is 1.23. The number of aromatic nitrogens is 2. The van der Waals surface area contributed by atoms with Crippen LogP contribution in [0.4, 0.5) is 0 Å². The minimum Gasteiger partial charge on any atom is -0.234 e. The summed E-state index contributed by atoms with van der Waals surface area (Å²) in [7, 11) is 0. The van der Waals surface area contributed by atoms with Crippen molar-refractivity contribution in [3.63, 3.8) is 0 Å². The molecule has 0 unspecified atom stereocenters. The molecule has 0 saturated carbocycles. The van der Waals surface area contributed by atoms with Crippen molar-refractivity contribution in [3.05, 3.63) is 18.2 Å². The minimum atomic E-state index is 1.23. The quantitative estimate of drug-likeness (QED) is 0.0560. The van der Waals surface area contributed by atoms with Gasteiger partial charge in [0.25, 0.3) is 5.82 Å². The van der Waals surface area contributed by atoms with Crippen LogP contribution in [0.2, 0.25) is 0 Å². The van der Waals surface area contributed by atoms with Crippen LogP contribution >= 0.6 is 0 Å². The Morgan fingerprint density at radius 2 is 0.738 bits per heavy atom. The van der Waals surface area contributed by atoms with E-state index < -0.39 is 0 Å². The molecule has 0 saturated heterocycles. The average Bonchev–Trinajstić information content (AvgIpc) is 3.38. The van der Waals surface area contributed by atoms with E-state index in [2.05, 4.69) is 42.3 Å². The fourth-order valence-corrected chi connectivity index (χ4v) is 6.68. The first kappa shape index (κ1) is 39.2. The van der Waals surface area contributed by atoms with Gasteiger partial charge in [-0.1, -0.05) is 188 Å². The van der Waals surface area contributed by atoms with Crippen LogP contribution in [-0.4, -0.2) is 4.57 Å². The molecule has 248 valence electrons. The van der Waals surface area contributed by atoms with E-state index in [4.69, 9.17) is 0 Å². The third kappa shape index (κ3) is 23.6. The van der Waals surface area contributed by atoms with Crippen molar-refractivity contribution in [2.24, 2.45) is 0 Å². The van der Waals surface area contributed by atoms with Crippen molar-refractivity contribution in [2.75, 3.05) is 0 Å². The Morgan fingerprint density at radius 3 is 1.14 bits per heavy atom. The van der Waals surface area contributed by atoms with Crippen molar-refractivity contribution < 1.29 is 4.57 Å². The molecule has 1 heterocycles. The molecule has 0 N–H and O–H groups in total. The Bertz CT molecular complexity index is 648. The summed E-state index contributed by atoms with van der Waals surface area (Å²) in [4.78, 5) is 0. The fraction of sp³-hybridized carbons (Fsp3) is 0.925. The van der Waals surface area contributed by atoms with Crippen molar-refractivity contribution in [1.29, 1.82) is 0 Å². The smallest absolute Gasteiger partial charge is 0.234 e. The van der Waals surface area contributed by atoms with E-state index in [-0.39, 0.29) is 0 Å². The number of hydrogen-bond acceptors (Lipinski definition) is 0. The zero-order valence-corrected chi connectivity index (χ0v) is 29.6. The lowest BCUT2D eigenvalue weighted by Crippen LogP contribution is -2.37. The lowest BCUT2D eigenvalue weighted by molar-refractivity contribution is -0.704. The Kier molecular flexibility index (Phi) is 29.5. The summed E-state index contributed by atoms with van der Waals surface area (Å²) >= 11 is 0. The SMILES string of the molecule is CCCCCCCCCCCCCCCC[n+]1ccn(CCCCCCCCCC)c1CCCCCCCCCCC. The Hall–Kier alpha value is -0.790. The van der Waals surface area contributed by atoms with Gasteiger partial charge in [-0.2, -0.15) is 0 Å². The topological polar surface area (TPSA) is 8.81 Å². The van der Waals surface area contributed by atoms with E-state index in [9.17, 15) is 0 Å². The number of aryl methyl sites for hydroxylation is 2. The van der Waals surface area contributed by atoms with E-state index in [1.54, 1.807) is 5.82 Å². The molecule has 0 spiro atoms. The summed E-state index contributed by atoms with van der Waals surface area (Å²) < 4.78 is 5.27. The molecule has 1 rings (SSSR count). The standard InChI is InChI=1S/C40H79N2/c1-4-7-10-13-16-19-20-21-22-23-25-28-31-34-37-42-39-38-41(36-33-30-27-18-15-12-9-6-3)40(42)35-32-29-26-24-17-14-11-8-5-2/h38-39H,4-37H2,1-3H3/q+1. The first-order valence-corrected chi connectivity index (χ1v) is 19.9. The van der Waals surface area contributed by atoms with E-state index in [0.717, 1.165) is 0 Å². The van der Waals surface area contributed by atoms with Gasteiger partial charge in [0.2, 0.25) is 0 Å². The van der Waals surface area contributed by atoms with Gasteiger partial charge in [0.1, 0.15) is 12.4 Å². The normalized spacial score (nSPS) is 11.6.